The highest BCUT2D eigenvalue weighted by Gasteiger charge is 2.29. The van der Waals surface area contributed by atoms with Crippen LogP contribution in [0.4, 0.5) is 0 Å². The summed E-state index contributed by atoms with van der Waals surface area (Å²) in [6.07, 6.45) is 2.99. The van der Waals surface area contributed by atoms with Gasteiger partial charge >= 0.3 is 5.97 Å². The molecule has 0 amide bonds. The summed E-state index contributed by atoms with van der Waals surface area (Å²) >= 11 is 0. The lowest BCUT2D eigenvalue weighted by molar-refractivity contribution is -0.150. The van der Waals surface area contributed by atoms with E-state index in [-0.39, 0.29) is 12.0 Å². The van der Waals surface area contributed by atoms with E-state index in [1.165, 1.54) is 0 Å². The van der Waals surface area contributed by atoms with E-state index in [1.807, 2.05) is 37.3 Å². The fraction of sp³-hybridized carbons (Fsp3) is 0.562. The van der Waals surface area contributed by atoms with E-state index in [0.29, 0.717) is 18.9 Å². The fourth-order valence-electron chi connectivity index (χ4n) is 2.65. The third-order valence-electron chi connectivity index (χ3n) is 3.74. The molecule has 0 aromatic heterocycles. The van der Waals surface area contributed by atoms with E-state index in [1.54, 1.807) is 0 Å². The van der Waals surface area contributed by atoms with E-state index >= 15 is 0 Å². The first-order valence-corrected chi connectivity index (χ1v) is 8.88. The van der Waals surface area contributed by atoms with Gasteiger partial charge in [0.2, 0.25) is 0 Å². The van der Waals surface area contributed by atoms with Gasteiger partial charge in [0.05, 0.1) is 17.4 Å². The predicted octanol–water partition coefficient (Wildman–Crippen LogP) is 2.21. The maximum Gasteiger partial charge on any atom is 0.323 e. The largest absolute Gasteiger partial charge is 0.465 e. The Morgan fingerprint density at radius 1 is 1.33 bits per heavy atom. The molecule has 1 aliphatic heterocycles. The van der Waals surface area contributed by atoms with E-state index in [2.05, 4.69) is 4.90 Å². The van der Waals surface area contributed by atoms with Crippen LogP contribution in [0.5, 0.6) is 0 Å². The van der Waals surface area contributed by atoms with Gasteiger partial charge in [-0.15, -0.1) is 0 Å². The number of carbonyl (C=O) groups excluding carboxylic acids is 1. The van der Waals surface area contributed by atoms with Crippen molar-refractivity contribution in [3.63, 3.8) is 0 Å². The number of nitrogens with zero attached hydrogens (tertiary/aromatic N) is 1. The number of hydrogen-bond acceptors (Lipinski definition) is 4. The first-order valence-electron chi connectivity index (χ1n) is 7.56. The summed E-state index contributed by atoms with van der Waals surface area (Å²) in [6.45, 7) is 3.80. The number of esters is 1. The number of ether oxygens (including phenoxy) is 1. The van der Waals surface area contributed by atoms with E-state index < -0.39 is 10.8 Å². The van der Waals surface area contributed by atoms with Gasteiger partial charge in [0.25, 0.3) is 0 Å². The molecule has 0 aliphatic carbocycles. The van der Waals surface area contributed by atoms with Crippen molar-refractivity contribution in [2.24, 2.45) is 0 Å². The van der Waals surface area contributed by atoms with Crippen molar-refractivity contribution in [1.82, 2.24) is 4.90 Å². The minimum Gasteiger partial charge on any atom is -0.465 e. The molecular weight excluding hydrogens is 286 g/mol. The average Bonchev–Trinajstić information content (AvgIpc) is 2.54. The van der Waals surface area contributed by atoms with E-state index in [9.17, 15) is 9.00 Å². The van der Waals surface area contributed by atoms with Crippen LogP contribution in [0.1, 0.15) is 26.2 Å². The van der Waals surface area contributed by atoms with Crippen molar-refractivity contribution in [1.29, 1.82) is 0 Å². The van der Waals surface area contributed by atoms with Gasteiger partial charge in [-0.25, -0.2) is 0 Å². The molecule has 1 heterocycles. The quantitative estimate of drug-likeness (QED) is 0.756. The second-order valence-electron chi connectivity index (χ2n) is 5.16. The SMILES string of the molecule is CCOC(=O)C1CCCCN1CCS(=O)c1ccccc1. The highest BCUT2D eigenvalue weighted by molar-refractivity contribution is 7.85. The molecule has 1 aliphatic rings. The Hall–Kier alpha value is -1.20. The standard InChI is InChI=1S/C16H23NO3S/c1-2-20-16(18)15-10-6-7-11-17(15)12-13-21(19)14-8-4-3-5-9-14/h3-5,8-9,15H,2,6-7,10-13H2,1H3. The van der Waals surface area contributed by atoms with Crippen LogP contribution in [0.2, 0.25) is 0 Å². The molecule has 2 unspecified atom stereocenters. The van der Waals surface area contributed by atoms with E-state index in [4.69, 9.17) is 4.74 Å². The average molecular weight is 309 g/mol. The Morgan fingerprint density at radius 2 is 2.10 bits per heavy atom. The fourth-order valence-corrected chi connectivity index (χ4v) is 3.75. The molecule has 1 fully saturated rings. The molecule has 1 aromatic rings. The summed E-state index contributed by atoms with van der Waals surface area (Å²) < 4.78 is 17.4. The van der Waals surface area contributed by atoms with Crippen LogP contribution < -0.4 is 0 Å². The van der Waals surface area contributed by atoms with Gasteiger partial charge in [0.1, 0.15) is 6.04 Å². The van der Waals surface area contributed by atoms with Gasteiger partial charge in [-0.2, -0.15) is 0 Å². The zero-order chi connectivity index (χ0) is 15.1. The van der Waals surface area contributed by atoms with Crippen LogP contribution in [0.15, 0.2) is 35.2 Å². The highest BCUT2D eigenvalue weighted by Crippen LogP contribution is 2.18. The first kappa shape index (κ1) is 16.2. The zero-order valence-corrected chi connectivity index (χ0v) is 13.3. The van der Waals surface area contributed by atoms with Crippen LogP contribution in [0, 0.1) is 0 Å². The van der Waals surface area contributed by atoms with Gasteiger partial charge in [0.15, 0.2) is 0 Å². The van der Waals surface area contributed by atoms with Gasteiger partial charge in [-0.05, 0) is 38.4 Å². The van der Waals surface area contributed by atoms with Crippen molar-refractivity contribution < 1.29 is 13.7 Å². The second-order valence-corrected chi connectivity index (χ2v) is 6.73. The minimum atomic E-state index is -1.01. The molecule has 1 saturated heterocycles. The van der Waals surface area contributed by atoms with Crippen molar-refractivity contribution in [2.75, 3.05) is 25.4 Å². The summed E-state index contributed by atoms with van der Waals surface area (Å²) in [5.41, 5.74) is 0. The zero-order valence-electron chi connectivity index (χ0n) is 12.5. The molecule has 2 atom stereocenters. The van der Waals surface area contributed by atoms with Gasteiger partial charge in [0, 0.05) is 17.2 Å². The lowest BCUT2D eigenvalue weighted by Gasteiger charge is -2.33. The monoisotopic (exact) mass is 309 g/mol. The summed E-state index contributed by atoms with van der Waals surface area (Å²) in [5, 5.41) is 0. The van der Waals surface area contributed by atoms with Crippen LogP contribution in [0.3, 0.4) is 0 Å². The van der Waals surface area contributed by atoms with Crippen molar-refractivity contribution in [3.8, 4) is 0 Å². The maximum absolute atomic E-state index is 12.3. The molecule has 4 nitrogen and oxygen atoms in total. The molecule has 0 saturated carbocycles. The van der Waals surface area contributed by atoms with Crippen molar-refractivity contribution in [3.05, 3.63) is 30.3 Å². The highest BCUT2D eigenvalue weighted by atomic mass is 32.2. The number of rotatable bonds is 6. The Kier molecular flexibility index (Phi) is 6.39. The third-order valence-corrected chi connectivity index (χ3v) is 5.09. The molecule has 5 heteroatoms. The lowest BCUT2D eigenvalue weighted by Crippen LogP contribution is -2.46. The van der Waals surface area contributed by atoms with Gasteiger partial charge in [-0.1, -0.05) is 24.6 Å². The second kappa shape index (κ2) is 8.29. The Morgan fingerprint density at radius 3 is 2.81 bits per heavy atom. The van der Waals surface area contributed by atoms with Crippen molar-refractivity contribution >= 4 is 16.8 Å². The molecule has 0 bridgehead atoms. The molecule has 116 valence electrons. The van der Waals surface area contributed by atoms with Crippen molar-refractivity contribution in [2.45, 2.75) is 37.1 Å². The predicted molar refractivity (Wildman–Crippen MR) is 83.6 cm³/mol. The Balaban J connectivity index is 1.90. The summed E-state index contributed by atoms with van der Waals surface area (Å²) in [6, 6.07) is 9.32. The van der Waals surface area contributed by atoms with E-state index in [0.717, 1.165) is 30.7 Å². The Labute approximate surface area is 128 Å². The molecule has 21 heavy (non-hydrogen) atoms. The topological polar surface area (TPSA) is 46.6 Å². The van der Waals surface area contributed by atoms with Crippen LogP contribution in [-0.4, -0.2) is 46.6 Å². The van der Waals surface area contributed by atoms with Gasteiger partial charge < -0.3 is 4.74 Å². The molecule has 2 rings (SSSR count). The van der Waals surface area contributed by atoms with Gasteiger partial charge in [-0.3, -0.25) is 13.9 Å². The summed E-state index contributed by atoms with van der Waals surface area (Å²) in [7, 11) is -1.01. The molecule has 0 N–H and O–H groups in total. The lowest BCUT2D eigenvalue weighted by atomic mass is 10.0. The first-order chi connectivity index (χ1) is 10.2. The maximum atomic E-state index is 12.3. The Bertz CT molecular complexity index is 478. The number of hydrogen-bond donors (Lipinski definition) is 0. The smallest absolute Gasteiger partial charge is 0.323 e. The molecule has 0 radical (unpaired) electrons. The third kappa shape index (κ3) is 4.64. The van der Waals surface area contributed by atoms with Crippen LogP contribution >= 0.6 is 0 Å². The number of likely N-dealkylation sites (tertiary alicyclic amines) is 1. The molecular formula is C16H23NO3S. The molecule has 1 aromatic carbocycles. The van der Waals surface area contributed by atoms with Crippen LogP contribution in [-0.2, 0) is 20.3 Å². The number of piperidine rings is 1. The van der Waals surface area contributed by atoms with Crippen LogP contribution in [0.25, 0.3) is 0 Å². The summed E-state index contributed by atoms with van der Waals surface area (Å²) in [5.74, 6) is 0.419. The minimum absolute atomic E-state index is 0.136. The molecule has 0 spiro atoms. The number of benzene rings is 1. The summed E-state index contributed by atoms with van der Waals surface area (Å²) in [4.78, 5) is 15.0. The normalized spacial score (nSPS) is 20.9. The number of carbonyl (C=O) groups is 1.